The highest BCUT2D eigenvalue weighted by molar-refractivity contribution is 5.72. The topological polar surface area (TPSA) is 63.3 Å². The second kappa shape index (κ2) is 5.92. The lowest BCUT2D eigenvalue weighted by Crippen LogP contribution is -2.29. The molecular weight excluding hydrogens is 142 g/mol. The predicted octanol–water partition coefficient (Wildman–Crippen LogP) is 1.14. The zero-order valence-corrected chi connectivity index (χ0v) is 6.62. The van der Waals surface area contributed by atoms with E-state index in [9.17, 15) is 4.79 Å². The normalized spacial score (nSPS) is 12.5. The smallest absolute Gasteiger partial charge is 0.320 e. The fourth-order valence-corrected chi connectivity index (χ4v) is 0.776. The molecule has 3 N–H and O–H groups in total. The number of carboxylic acids is 1. The summed E-state index contributed by atoms with van der Waals surface area (Å²) in [5, 5.41) is 8.39. The molecule has 0 radical (unpaired) electrons. The van der Waals surface area contributed by atoms with Gasteiger partial charge in [0.1, 0.15) is 6.04 Å². The van der Waals surface area contributed by atoms with Gasteiger partial charge in [-0.1, -0.05) is 12.5 Å². The molecule has 0 amide bonds. The van der Waals surface area contributed by atoms with Crippen molar-refractivity contribution in [2.75, 3.05) is 0 Å². The largest absolute Gasteiger partial charge is 0.480 e. The third-order valence-corrected chi connectivity index (χ3v) is 1.49. The van der Waals surface area contributed by atoms with E-state index in [0.29, 0.717) is 6.42 Å². The van der Waals surface area contributed by atoms with Crippen molar-refractivity contribution >= 4 is 5.97 Å². The lowest BCUT2D eigenvalue weighted by Gasteiger charge is -2.03. The van der Waals surface area contributed by atoms with E-state index in [2.05, 4.69) is 6.58 Å². The molecule has 0 aliphatic heterocycles. The first-order valence-corrected chi connectivity index (χ1v) is 3.77. The molecule has 1 atom stereocenters. The molecule has 0 saturated carbocycles. The van der Waals surface area contributed by atoms with Gasteiger partial charge >= 0.3 is 5.97 Å². The first-order chi connectivity index (χ1) is 5.18. The number of allylic oxidation sites excluding steroid dienone is 1. The van der Waals surface area contributed by atoms with Gasteiger partial charge in [-0.25, -0.2) is 0 Å². The van der Waals surface area contributed by atoms with Crippen molar-refractivity contribution in [3.63, 3.8) is 0 Å². The fourth-order valence-electron chi connectivity index (χ4n) is 0.776. The summed E-state index contributed by atoms with van der Waals surface area (Å²) in [6, 6.07) is -0.695. The van der Waals surface area contributed by atoms with Gasteiger partial charge in [0.2, 0.25) is 0 Å². The molecule has 0 aromatic carbocycles. The minimum Gasteiger partial charge on any atom is -0.480 e. The van der Waals surface area contributed by atoms with Gasteiger partial charge in [-0.15, -0.1) is 6.58 Å². The van der Waals surface area contributed by atoms with Crippen molar-refractivity contribution in [1.82, 2.24) is 0 Å². The summed E-state index contributed by atoms with van der Waals surface area (Å²) >= 11 is 0. The molecule has 0 rings (SSSR count). The number of hydrogen-bond donors (Lipinski definition) is 2. The Hall–Kier alpha value is -0.830. The van der Waals surface area contributed by atoms with Crippen LogP contribution in [0, 0.1) is 0 Å². The third-order valence-electron chi connectivity index (χ3n) is 1.49. The molecule has 11 heavy (non-hydrogen) atoms. The second-order valence-electron chi connectivity index (χ2n) is 2.52. The molecular formula is C8H15NO2. The Labute approximate surface area is 66.9 Å². The predicted molar refractivity (Wildman–Crippen MR) is 44.3 cm³/mol. The molecule has 0 heterocycles. The number of carboxylic acid groups (broad SMARTS) is 1. The summed E-state index contributed by atoms with van der Waals surface area (Å²) in [5.41, 5.74) is 5.27. The summed E-state index contributed by atoms with van der Waals surface area (Å²) in [5.74, 6) is -0.913. The summed E-state index contributed by atoms with van der Waals surface area (Å²) in [7, 11) is 0. The Morgan fingerprint density at radius 3 is 2.73 bits per heavy atom. The van der Waals surface area contributed by atoms with Crippen LogP contribution < -0.4 is 5.73 Å². The highest BCUT2D eigenvalue weighted by Gasteiger charge is 2.09. The molecule has 0 unspecified atom stereocenters. The van der Waals surface area contributed by atoms with Crippen LogP contribution in [-0.2, 0) is 4.79 Å². The minimum atomic E-state index is -0.913. The Bertz CT molecular complexity index is 134. The van der Waals surface area contributed by atoms with Gasteiger partial charge < -0.3 is 10.8 Å². The number of carbonyl (C=O) groups is 1. The van der Waals surface area contributed by atoms with Crippen LogP contribution in [0.1, 0.15) is 25.7 Å². The van der Waals surface area contributed by atoms with Crippen LogP contribution >= 0.6 is 0 Å². The van der Waals surface area contributed by atoms with Crippen LogP contribution in [0.25, 0.3) is 0 Å². The fraction of sp³-hybridized carbons (Fsp3) is 0.625. The average molecular weight is 157 g/mol. The number of hydrogen-bond acceptors (Lipinski definition) is 2. The molecule has 0 aromatic rings. The maximum atomic E-state index is 10.2. The highest BCUT2D eigenvalue weighted by atomic mass is 16.4. The highest BCUT2D eigenvalue weighted by Crippen LogP contribution is 2.02. The maximum Gasteiger partial charge on any atom is 0.320 e. The van der Waals surface area contributed by atoms with Gasteiger partial charge in [-0.2, -0.15) is 0 Å². The minimum absolute atomic E-state index is 0.559. The number of unbranched alkanes of at least 4 members (excludes halogenated alkanes) is 2. The summed E-state index contributed by atoms with van der Waals surface area (Å²) in [4.78, 5) is 10.2. The average Bonchev–Trinajstić information content (AvgIpc) is 1.97. The van der Waals surface area contributed by atoms with Crippen LogP contribution in [0.2, 0.25) is 0 Å². The lowest BCUT2D eigenvalue weighted by molar-refractivity contribution is -0.138. The zero-order chi connectivity index (χ0) is 8.69. The Balaban J connectivity index is 3.24. The van der Waals surface area contributed by atoms with Crippen LogP contribution in [-0.4, -0.2) is 17.1 Å². The number of nitrogens with two attached hydrogens (primary N) is 1. The van der Waals surface area contributed by atoms with E-state index in [-0.39, 0.29) is 0 Å². The zero-order valence-electron chi connectivity index (χ0n) is 6.62. The molecule has 64 valence electrons. The Morgan fingerprint density at radius 2 is 2.27 bits per heavy atom. The van der Waals surface area contributed by atoms with Gasteiger partial charge in [0, 0.05) is 0 Å². The summed E-state index contributed by atoms with van der Waals surface area (Å²) < 4.78 is 0. The van der Waals surface area contributed by atoms with Crippen molar-refractivity contribution in [2.24, 2.45) is 5.73 Å². The molecule has 3 nitrogen and oxygen atoms in total. The Morgan fingerprint density at radius 1 is 1.64 bits per heavy atom. The first-order valence-electron chi connectivity index (χ1n) is 3.77. The molecule has 0 aliphatic carbocycles. The van der Waals surface area contributed by atoms with E-state index in [1.54, 1.807) is 0 Å². The van der Waals surface area contributed by atoms with Gasteiger partial charge in [-0.05, 0) is 19.3 Å². The van der Waals surface area contributed by atoms with Gasteiger partial charge in [-0.3, -0.25) is 4.79 Å². The van der Waals surface area contributed by atoms with Gasteiger partial charge in [0.05, 0.1) is 0 Å². The Kier molecular flexibility index (Phi) is 5.47. The summed E-state index contributed by atoms with van der Waals surface area (Å²) in [6.45, 7) is 3.56. The van der Waals surface area contributed by atoms with Gasteiger partial charge in [0.25, 0.3) is 0 Å². The standard InChI is InChI=1S/C8H15NO2/c1-2-3-4-5-6-7(9)8(10)11/h2,7H,1,3-6,9H2,(H,10,11)/t7-/m0/s1. The molecule has 0 aromatic heterocycles. The van der Waals surface area contributed by atoms with Crippen molar-refractivity contribution in [3.05, 3.63) is 12.7 Å². The molecule has 0 saturated heterocycles. The summed E-state index contributed by atoms with van der Waals surface area (Å²) in [6.07, 6.45) is 5.16. The molecule has 0 spiro atoms. The van der Waals surface area contributed by atoms with E-state index in [4.69, 9.17) is 10.8 Å². The molecule has 0 fully saturated rings. The third kappa shape index (κ3) is 5.61. The molecule has 0 aliphatic rings. The van der Waals surface area contributed by atoms with Crippen LogP contribution in [0.15, 0.2) is 12.7 Å². The van der Waals surface area contributed by atoms with Crippen molar-refractivity contribution in [1.29, 1.82) is 0 Å². The van der Waals surface area contributed by atoms with Crippen molar-refractivity contribution < 1.29 is 9.90 Å². The van der Waals surface area contributed by atoms with E-state index < -0.39 is 12.0 Å². The van der Waals surface area contributed by atoms with Gasteiger partial charge in [0.15, 0.2) is 0 Å². The first kappa shape index (κ1) is 10.2. The van der Waals surface area contributed by atoms with Crippen LogP contribution in [0.4, 0.5) is 0 Å². The molecule has 0 bridgehead atoms. The number of rotatable bonds is 6. The van der Waals surface area contributed by atoms with Crippen LogP contribution in [0.5, 0.6) is 0 Å². The monoisotopic (exact) mass is 157 g/mol. The molecule has 3 heteroatoms. The second-order valence-corrected chi connectivity index (χ2v) is 2.52. The lowest BCUT2D eigenvalue weighted by atomic mass is 10.1. The van der Waals surface area contributed by atoms with E-state index in [1.807, 2.05) is 6.08 Å². The van der Waals surface area contributed by atoms with Crippen molar-refractivity contribution in [3.8, 4) is 0 Å². The van der Waals surface area contributed by atoms with Crippen LogP contribution in [0.3, 0.4) is 0 Å². The SMILES string of the molecule is C=CCCCC[C@H](N)C(=O)O. The van der Waals surface area contributed by atoms with E-state index in [1.165, 1.54) is 0 Å². The maximum absolute atomic E-state index is 10.2. The van der Waals surface area contributed by atoms with E-state index in [0.717, 1.165) is 19.3 Å². The quantitative estimate of drug-likeness (QED) is 0.449. The number of aliphatic carboxylic acids is 1. The van der Waals surface area contributed by atoms with Crippen molar-refractivity contribution in [2.45, 2.75) is 31.7 Å². The van der Waals surface area contributed by atoms with E-state index >= 15 is 0 Å².